The van der Waals surface area contributed by atoms with E-state index in [4.69, 9.17) is 0 Å². The van der Waals surface area contributed by atoms with E-state index in [1.807, 2.05) is 0 Å². The number of thiophene rings is 1. The van der Waals surface area contributed by atoms with Gasteiger partial charge >= 0.3 is 5.69 Å². The summed E-state index contributed by atoms with van der Waals surface area (Å²) in [4.78, 5) is 21.3. The zero-order valence-electron chi connectivity index (χ0n) is 8.92. The predicted molar refractivity (Wildman–Crippen MR) is 65.3 cm³/mol. The number of nitro benzene ring substituents is 1. The molecular formula is C11H7FN2O3S. The molecule has 0 unspecified atom stereocenters. The number of nitro groups is 1. The van der Waals surface area contributed by atoms with Crippen LogP contribution in [-0.2, 0) is 0 Å². The molecule has 0 bridgehead atoms. The number of hydrogen-bond donors (Lipinski definition) is 1. The Morgan fingerprint density at radius 1 is 1.39 bits per heavy atom. The van der Waals surface area contributed by atoms with E-state index in [1.54, 1.807) is 16.8 Å². The number of amides is 1. The van der Waals surface area contributed by atoms with Gasteiger partial charge < -0.3 is 5.32 Å². The van der Waals surface area contributed by atoms with E-state index in [-0.39, 0.29) is 5.56 Å². The molecule has 1 aromatic carbocycles. The van der Waals surface area contributed by atoms with Gasteiger partial charge in [-0.15, -0.1) is 0 Å². The van der Waals surface area contributed by atoms with Crippen LogP contribution in [0.15, 0.2) is 35.0 Å². The molecule has 0 atom stereocenters. The largest absolute Gasteiger partial charge is 0.321 e. The number of hydrogen-bond acceptors (Lipinski definition) is 4. The molecule has 0 saturated heterocycles. The third kappa shape index (κ3) is 2.51. The number of benzene rings is 1. The predicted octanol–water partition coefficient (Wildman–Crippen LogP) is 3.05. The molecule has 18 heavy (non-hydrogen) atoms. The maximum absolute atomic E-state index is 13.3. The summed E-state index contributed by atoms with van der Waals surface area (Å²) in [5.41, 5.74) is -0.0184. The summed E-state index contributed by atoms with van der Waals surface area (Å²) in [5, 5.41) is 16.5. The lowest BCUT2D eigenvalue weighted by molar-refractivity contribution is -0.387. The number of carbonyl (C=O) groups is 1. The first-order valence-corrected chi connectivity index (χ1v) is 5.79. The second-order valence-corrected chi connectivity index (χ2v) is 4.17. The standard InChI is InChI=1S/C11H7FN2O3S/c12-9-5-7(1-2-10(9)14(16)17)11(15)13-8-3-4-18-6-8/h1-6H,(H,13,15). The van der Waals surface area contributed by atoms with Gasteiger partial charge in [0.15, 0.2) is 0 Å². The molecule has 0 radical (unpaired) electrons. The molecule has 0 fully saturated rings. The van der Waals surface area contributed by atoms with E-state index >= 15 is 0 Å². The van der Waals surface area contributed by atoms with Crippen molar-refractivity contribution in [3.63, 3.8) is 0 Å². The van der Waals surface area contributed by atoms with Crippen molar-refractivity contribution in [3.8, 4) is 0 Å². The first kappa shape index (κ1) is 12.2. The van der Waals surface area contributed by atoms with E-state index in [0.29, 0.717) is 5.69 Å². The van der Waals surface area contributed by atoms with Crippen molar-refractivity contribution < 1.29 is 14.1 Å². The summed E-state index contributed by atoms with van der Waals surface area (Å²) < 4.78 is 13.3. The van der Waals surface area contributed by atoms with Crippen LogP contribution in [0, 0.1) is 15.9 Å². The Morgan fingerprint density at radius 3 is 2.72 bits per heavy atom. The molecule has 0 saturated carbocycles. The average molecular weight is 266 g/mol. The summed E-state index contributed by atoms with van der Waals surface area (Å²) >= 11 is 1.41. The number of rotatable bonds is 3. The van der Waals surface area contributed by atoms with Crippen LogP contribution in [0.5, 0.6) is 0 Å². The van der Waals surface area contributed by atoms with Crippen molar-refractivity contribution in [1.29, 1.82) is 0 Å². The zero-order valence-corrected chi connectivity index (χ0v) is 9.74. The van der Waals surface area contributed by atoms with E-state index in [2.05, 4.69) is 5.32 Å². The normalized spacial score (nSPS) is 10.1. The molecule has 1 aromatic heterocycles. The summed E-state index contributed by atoms with van der Waals surface area (Å²) in [5.74, 6) is -1.54. The fourth-order valence-corrected chi connectivity index (χ4v) is 1.92. The second kappa shape index (κ2) is 4.92. The molecule has 1 heterocycles. The molecule has 0 spiro atoms. The molecule has 0 aliphatic carbocycles. The van der Waals surface area contributed by atoms with E-state index < -0.39 is 22.3 Å². The fraction of sp³-hybridized carbons (Fsp3) is 0. The molecule has 0 aliphatic heterocycles. The highest BCUT2D eigenvalue weighted by molar-refractivity contribution is 7.08. The Labute approximate surface area is 105 Å². The fourth-order valence-electron chi connectivity index (χ4n) is 1.34. The Bertz CT molecular complexity index is 598. The minimum absolute atomic E-state index is 0.0318. The first-order valence-electron chi connectivity index (χ1n) is 4.85. The molecule has 2 rings (SSSR count). The zero-order chi connectivity index (χ0) is 13.1. The van der Waals surface area contributed by atoms with Gasteiger partial charge in [-0.1, -0.05) is 0 Å². The van der Waals surface area contributed by atoms with E-state index in [1.165, 1.54) is 17.4 Å². The lowest BCUT2D eigenvalue weighted by Gasteiger charge is -2.03. The number of nitrogens with zero attached hydrogens (tertiary/aromatic N) is 1. The van der Waals surface area contributed by atoms with Crippen molar-refractivity contribution in [2.75, 3.05) is 5.32 Å². The summed E-state index contributed by atoms with van der Waals surface area (Å²) in [7, 11) is 0. The molecule has 0 aliphatic rings. The smallest absolute Gasteiger partial charge is 0.304 e. The molecule has 92 valence electrons. The third-order valence-corrected chi connectivity index (χ3v) is 2.87. The van der Waals surface area contributed by atoms with Crippen molar-refractivity contribution in [1.82, 2.24) is 0 Å². The topological polar surface area (TPSA) is 72.2 Å². The molecule has 7 heteroatoms. The summed E-state index contributed by atoms with van der Waals surface area (Å²) in [6, 6.07) is 4.73. The lowest BCUT2D eigenvalue weighted by Crippen LogP contribution is -2.11. The highest BCUT2D eigenvalue weighted by Crippen LogP contribution is 2.19. The van der Waals surface area contributed by atoms with Crippen LogP contribution in [0.2, 0.25) is 0 Å². The van der Waals surface area contributed by atoms with E-state index in [0.717, 1.165) is 12.1 Å². The summed E-state index contributed by atoms with van der Waals surface area (Å²) in [6.45, 7) is 0. The lowest BCUT2D eigenvalue weighted by atomic mass is 10.2. The van der Waals surface area contributed by atoms with Crippen LogP contribution in [0.25, 0.3) is 0 Å². The Balaban J connectivity index is 2.21. The van der Waals surface area contributed by atoms with Gasteiger partial charge in [0.1, 0.15) is 0 Å². The molecule has 1 amide bonds. The van der Waals surface area contributed by atoms with Crippen molar-refractivity contribution in [2.24, 2.45) is 0 Å². The average Bonchev–Trinajstić information content (AvgIpc) is 2.81. The quantitative estimate of drug-likeness (QED) is 0.685. The van der Waals surface area contributed by atoms with Crippen LogP contribution in [0.4, 0.5) is 15.8 Å². The molecular weight excluding hydrogens is 259 g/mol. The van der Waals surface area contributed by atoms with Crippen LogP contribution >= 0.6 is 11.3 Å². The highest BCUT2D eigenvalue weighted by atomic mass is 32.1. The Morgan fingerprint density at radius 2 is 2.17 bits per heavy atom. The van der Waals surface area contributed by atoms with Gasteiger partial charge in [-0.3, -0.25) is 14.9 Å². The van der Waals surface area contributed by atoms with Crippen molar-refractivity contribution in [3.05, 3.63) is 56.5 Å². The van der Waals surface area contributed by atoms with Gasteiger partial charge in [-0.25, -0.2) is 0 Å². The van der Waals surface area contributed by atoms with Crippen molar-refractivity contribution in [2.45, 2.75) is 0 Å². The number of nitrogens with one attached hydrogen (secondary N) is 1. The number of halogens is 1. The molecule has 2 aromatic rings. The number of anilines is 1. The minimum Gasteiger partial charge on any atom is -0.321 e. The SMILES string of the molecule is O=C(Nc1ccsc1)c1ccc([N+](=O)[O-])c(F)c1. The Kier molecular flexibility index (Phi) is 3.33. The van der Waals surface area contributed by atoms with Gasteiger partial charge in [0.25, 0.3) is 5.91 Å². The van der Waals surface area contributed by atoms with Crippen LogP contribution < -0.4 is 5.32 Å². The highest BCUT2D eigenvalue weighted by Gasteiger charge is 2.16. The maximum Gasteiger partial charge on any atom is 0.304 e. The van der Waals surface area contributed by atoms with Gasteiger partial charge in [0.2, 0.25) is 5.82 Å². The third-order valence-electron chi connectivity index (χ3n) is 2.19. The summed E-state index contributed by atoms with van der Waals surface area (Å²) in [6.07, 6.45) is 0. The van der Waals surface area contributed by atoms with Crippen LogP contribution in [0.1, 0.15) is 10.4 Å². The van der Waals surface area contributed by atoms with Gasteiger partial charge in [0, 0.05) is 17.0 Å². The molecule has 1 N–H and O–H groups in total. The minimum atomic E-state index is -1.03. The van der Waals surface area contributed by atoms with Gasteiger partial charge in [-0.05, 0) is 23.6 Å². The maximum atomic E-state index is 13.3. The Hall–Kier alpha value is -2.28. The first-order chi connectivity index (χ1) is 8.58. The van der Waals surface area contributed by atoms with Gasteiger partial charge in [0.05, 0.1) is 10.6 Å². The van der Waals surface area contributed by atoms with E-state index in [9.17, 15) is 19.3 Å². The van der Waals surface area contributed by atoms with Crippen LogP contribution in [-0.4, -0.2) is 10.8 Å². The number of carbonyl (C=O) groups excluding carboxylic acids is 1. The second-order valence-electron chi connectivity index (χ2n) is 3.39. The van der Waals surface area contributed by atoms with Crippen LogP contribution in [0.3, 0.4) is 0 Å². The molecule has 5 nitrogen and oxygen atoms in total. The van der Waals surface area contributed by atoms with Crippen molar-refractivity contribution >= 4 is 28.6 Å². The monoisotopic (exact) mass is 266 g/mol. The van der Waals surface area contributed by atoms with Gasteiger partial charge in [-0.2, -0.15) is 15.7 Å².